The van der Waals surface area contributed by atoms with Crippen LogP contribution in [0, 0.1) is 18.7 Å². The fourth-order valence-electron chi connectivity index (χ4n) is 2.74. The number of aryl methyl sites for hydroxylation is 2. The first-order chi connectivity index (χ1) is 12.0. The van der Waals surface area contributed by atoms with Crippen LogP contribution in [0.3, 0.4) is 0 Å². The van der Waals surface area contributed by atoms with Gasteiger partial charge < -0.3 is 20.3 Å². The molecule has 8 heteroatoms. The van der Waals surface area contributed by atoms with E-state index in [1.165, 1.54) is 6.07 Å². The second-order valence-corrected chi connectivity index (χ2v) is 6.27. The van der Waals surface area contributed by atoms with Crippen molar-refractivity contribution in [2.45, 2.75) is 25.9 Å². The minimum atomic E-state index is -0.419. The van der Waals surface area contributed by atoms with Crippen molar-refractivity contribution < 1.29 is 18.8 Å². The van der Waals surface area contributed by atoms with Crippen LogP contribution in [0.15, 0.2) is 22.7 Å². The topological polar surface area (TPSA) is 100 Å². The van der Waals surface area contributed by atoms with Gasteiger partial charge in [0.1, 0.15) is 5.82 Å². The zero-order chi connectivity index (χ0) is 17.8. The monoisotopic (exact) mass is 348 g/mol. The number of hydrogen-bond donors (Lipinski definition) is 3. The highest BCUT2D eigenvalue weighted by Gasteiger charge is 2.25. The van der Waals surface area contributed by atoms with Crippen LogP contribution < -0.4 is 10.6 Å². The number of carbonyl (C=O) groups is 1. The van der Waals surface area contributed by atoms with Crippen molar-refractivity contribution in [3.8, 4) is 11.4 Å². The third-order valence-corrected chi connectivity index (χ3v) is 4.32. The van der Waals surface area contributed by atoms with Gasteiger partial charge in [0.05, 0.1) is 6.10 Å². The van der Waals surface area contributed by atoms with E-state index in [0.29, 0.717) is 48.9 Å². The lowest BCUT2D eigenvalue weighted by Crippen LogP contribution is -2.34. The highest BCUT2D eigenvalue weighted by atomic mass is 19.1. The van der Waals surface area contributed by atoms with Gasteiger partial charge in [0.15, 0.2) is 0 Å². The predicted molar refractivity (Wildman–Crippen MR) is 88.1 cm³/mol. The molecule has 3 rings (SSSR count). The Morgan fingerprint density at radius 3 is 3.04 bits per heavy atom. The smallest absolute Gasteiger partial charge is 0.227 e. The first-order valence-corrected chi connectivity index (χ1v) is 8.27. The molecule has 7 nitrogen and oxygen atoms in total. The summed E-state index contributed by atoms with van der Waals surface area (Å²) >= 11 is 0. The number of β-amino-alcohol motifs (C(OH)–C–C–N with tert-alkyl or cyclic N) is 1. The van der Waals surface area contributed by atoms with E-state index >= 15 is 0 Å². The van der Waals surface area contributed by atoms with Gasteiger partial charge in [-0.2, -0.15) is 4.98 Å². The van der Waals surface area contributed by atoms with Gasteiger partial charge >= 0.3 is 0 Å². The summed E-state index contributed by atoms with van der Waals surface area (Å²) in [6.45, 7) is 3.37. The molecule has 2 heterocycles. The molecule has 1 saturated heterocycles. The van der Waals surface area contributed by atoms with Gasteiger partial charge in [-0.05, 0) is 30.7 Å². The number of nitrogens with zero attached hydrogens (tertiary/aromatic N) is 2. The second kappa shape index (κ2) is 7.71. The Balaban J connectivity index is 1.49. The summed E-state index contributed by atoms with van der Waals surface area (Å²) in [6.07, 6.45) is 0.128. The standard InChI is InChI=1S/C17H21FN4O3/c1-10-6-11(2-3-13(10)18)17-21-16(25-22-17)5-4-15(24)20-8-12-7-19-9-14(12)23/h2-3,6,12,14,19,23H,4-5,7-9H2,1H3,(H,20,24). The van der Waals surface area contributed by atoms with E-state index in [2.05, 4.69) is 20.8 Å². The maximum absolute atomic E-state index is 13.3. The Morgan fingerprint density at radius 2 is 2.32 bits per heavy atom. The lowest BCUT2D eigenvalue weighted by Gasteiger charge is -2.13. The summed E-state index contributed by atoms with van der Waals surface area (Å²) in [5, 5.41) is 19.4. The fourth-order valence-corrected chi connectivity index (χ4v) is 2.74. The molecule has 0 radical (unpaired) electrons. The molecule has 2 unspecified atom stereocenters. The van der Waals surface area contributed by atoms with Gasteiger partial charge in [-0.1, -0.05) is 5.16 Å². The van der Waals surface area contributed by atoms with Crippen molar-refractivity contribution in [1.29, 1.82) is 0 Å². The number of benzene rings is 1. The molecular weight excluding hydrogens is 327 g/mol. The van der Waals surface area contributed by atoms with Crippen LogP contribution in [-0.2, 0) is 11.2 Å². The van der Waals surface area contributed by atoms with Gasteiger partial charge in [-0.25, -0.2) is 4.39 Å². The molecule has 0 bridgehead atoms. The number of aromatic nitrogens is 2. The van der Waals surface area contributed by atoms with E-state index in [0.717, 1.165) is 0 Å². The number of aliphatic hydroxyl groups excluding tert-OH is 1. The first kappa shape index (κ1) is 17.5. The Bertz CT molecular complexity index is 749. The summed E-state index contributed by atoms with van der Waals surface area (Å²) in [5.41, 5.74) is 1.17. The average Bonchev–Trinajstić information content (AvgIpc) is 3.22. The molecule has 1 amide bonds. The van der Waals surface area contributed by atoms with E-state index in [-0.39, 0.29) is 24.1 Å². The van der Waals surface area contributed by atoms with Gasteiger partial charge in [0.2, 0.25) is 17.6 Å². The number of amides is 1. The summed E-state index contributed by atoms with van der Waals surface area (Å²) in [6, 6.07) is 4.60. The zero-order valence-corrected chi connectivity index (χ0v) is 14.0. The van der Waals surface area contributed by atoms with Crippen molar-refractivity contribution >= 4 is 5.91 Å². The normalized spacial score (nSPS) is 20.0. The highest BCUT2D eigenvalue weighted by molar-refractivity contribution is 5.76. The second-order valence-electron chi connectivity index (χ2n) is 6.27. The van der Waals surface area contributed by atoms with E-state index in [4.69, 9.17) is 4.52 Å². The lowest BCUT2D eigenvalue weighted by molar-refractivity contribution is -0.121. The summed E-state index contributed by atoms with van der Waals surface area (Å²) in [4.78, 5) is 16.1. The molecule has 1 aromatic carbocycles. The molecule has 1 aliphatic heterocycles. The van der Waals surface area contributed by atoms with Crippen LogP contribution in [0.2, 0.25) is 0 Å². The molecule has 0 spiro atoms. The Morgan fingerprint density at radius 1 is 1.48 bits per heavy atom. The van der Waals surface area contributed by atoms with Crippen molar-refractivity contribution in [3.63, 3.8) is 0 Å². The predicted octanol–water partition coefficient (Wildman–Crippen LogP) is 0.813. The molecule has 2 atom stereocenters. The van der Waals surface area contributed by atoms with Crippen molar-refractivity contribution in [2.24, 2.45) is 5.92 Å². The number of aliphatic hydroxyl groups is 1. The lowest BCUT2D eigenvalue weighted by atomic mass is 10.1. The Hall–Kier alpha value is -2.32. The molecule has 2 aromatic rings. The SMILES string of the molecule is Cc1cc(-c2noc(CCC(=O)NCC3CNCC3O)n2)ccc1F. The number of halogens is 1. The quantitative estimate of drug-likeness (QED) is 0.714. The number of carbonyl (C=O) groups excluding carboxylic acids is 1. The van der Waals surface area contributed by atoms with E-state index in [1.54, 1.807) is 19.1 Å². The third-order valence-electron chi connectivity index (χ3n) is 4.32. The summed E-state index contributed by atoms with van der Waals surface area (Å²) < 4.78 is 18.5. The Labute approximate surface area is 144 Å². The van der Waals surface area contributed by atoms with Gasteiger partial charge in [-0.15, -0.1) is 0 Å². The van der Waals surface area contributed by atoms with Crippen molar-refractivity contribution in [3.05, 3.63) is 35.5 Å². The zero-order valence-electron chi connectivity index (χ0n) is 14.0. The molecule has 1 aliphatic rings. The highest BCUT2D eigenvalue weighted by Crippen LogP contribution is 2.19. The maximum atomic E-state index is 13.3. The largest absolute Gasteiger partial charge is 0.391 e. The van der Waals surface area contributed by atoms with Gasteiger partial charge in [-0.3, -0.25) is 4.79 Å². The van der Waals surface area contributed by atoms with Crippen molar-refractivity contribution in [2.75, 3.05) is 19.6 Å². The fraction of sp³-hybridized carbons (Fsp3) is 0.471. The maximum Gasteiger partial charge on any atom is 0.227 e. The molecule has 0 saturated carbocycles. The number of hydrogen-bond acceptors (Lipinski definition) is 6. The van der Waals surface area contributed by atoms with Crippen LogP contribution in [0.25, 0.3) is 11.4 Å². The molecular formula is C17H21FN4O3. The van der Waals surface area contributed by atoms with Crippen LogP contribution >= 0.6 is 0 Å². The van der Waals surface area contributed by atoms with Crippen molar-refractivity contribution in [1.82, 2.24) is 20.8 Å². The van der Waals surface area contributed by atoms with Crippen LogP contribution in [0.1, 0.15) is 17.9 Å². The molecule has 1 aromatic heterocycles. The number of nitrogens with one attached hydrogen (secondary N) is 2. The molecule has 1 fully saturated rings. The van der Waals surface area contributed by atoms with Crippen LogP contribution in [-0.4, -0.2) is 46.9 Å². The number of rotatable bonds is 6. The molecule has 3 N–H and O–H groups in total. The minimum absolute atomic E-state index is 0.0423. The summed E-state index contributed by atoms with van der Waals surface area (Å²) in [5.74, 6) is 0.359. The first-order valence-electron chi connectivity index (χ1n) is 8.27. The molecule has 134 valence electrons. The molecule has 0 aliphatic carbocycles. The summed E-state index contributed by atoms with van der Waals surface area (Å²) in [7, 11) is 0. The average molecular weight is 348 g/mol. The molecule has 25 heavy (non-hydrogen) atoms. The van der Waals surface area contributed by atoms with Crippen LogP contribution in [0.5, 0.6) is 0 Å². The van der Waals surface area contributed by atoms with Gasteiger partial charge in [0.25, 0.3) is 0 Å². The van der Waals surface area contributed by atoms with E-state index in [1.807, 2.05) is 0 Å². The van der Waals surface area contributed by atoms with Gasteiger partial charge in [0, 0.05) is 44.0 Å². The third kappa shape index (κ3) is 4.40. The van der Waals surface area contributed by atoms with Crippen LogP contribution in [0.4, 0.5) is 4.39 Å². The van der Waals surface area contributed by atoms with E-state index in [9.17, 15) is 14.3 Å². The minimum Gasteiger partial charge on any atom is -0.391 e. The van der Waals surface area contributed by atoms with E-state index < -0.39 is 6.10 Å². The Kier molecular flexibility index (Phi) is 5.40.